The number of benzene rings is 2. The number of hydrogen-bond donors (Lipinski definition) is 2. The van der Waals surface area contributed by atoms with Crippen LogP contribution in [0.1, 0.15) is 0 Å². The predicted octanol–water partition coefficient (Wildman–Crippen LogP) is 2.64. The van der Waals surface area contributed by atoms with Gasteiger partial charge >= 0.3 is 0 Å². The van der Waals surface area contributed by atoms with Crippen molar-refractivity contribution in [1.29, 1.82) is 0 Å². The highest BCUT2D eigenvalue weighted by Crippen LogP contribution is 2.39. The summed E-state index contributed by atoms with van der Waals surface area (Å²) in [5.41, 5.74) is 0. The minimum absolute atomic E-state index is 0. The number of nitrogens with one attached hydrogen (secondary N) is 1. The largest absolute Gasteiger partial charge is 0.504 e. The summed E-state index contributed by atoms with van der Waals surface area (Å²) in [5.74, 6) is 2.86. The first kappa shape index (κ1) is 20.8. The third-order valence-electron chi connectivity index (χ3n) is 3.95. The van der Waals surface area contributed by atoms with E-state index in [0.717, 1.165) is 0 Å². The lowest BCUT2D eigenvalue weighted by molar-refractivity contribution is 0.0859. The Morgan fingerprint density at radius 3 is 2.52 bits per heavy atom. The van der Waals surface area contributed by atoms with E-state index in [1.165, 1.54) is 0 Å². The fourth-order valence-corrected chi connectivity index (χ4v) is 2.67. The van der Waals surface area contributed by atoms with Crippen LogP contribution in [0.2, 0.25) is 0 Å². The van der Waals surface area contributed by atoms with E-state index in [9.17, 15) is 5.11 Å². The topological polar surface area (TPSA) is 78.4 Å². The van der Waals surface area contributed by atoms with Gasteiger partial charge in [-0.2, -0.15) is 0 Å². The fraction of sp³-hybridized carbons (Fsp3) is 0.368. The smallest absolute Gasteiger partial charge is 0.203 e. The van der Waals surface area contributed by atoms with Crippen molar-refractivity contribution in [3.05, 3.63) is 36.4 Å². The van der Waals surface area contributed by atoms with Gasteiger partial charge in [0.1, 0.15) is 19.3 Å². The predicted molar refractivity (Wildman–Crippen MR) is 103 cm³/mol. The van der Waals surface area contributed by atoms with Crippen molar-refractivity contribution in [1.82, 2.24) is 5.32 Å². The maximum Gasteiger partial charge on any atom is 0.203 e. The summed E-state index contributed by atoms with van der Waals surface area (Å²) >= 11 is 0. The molecule has 0 amide bonds. The first-order valence-corrected chi connectivity index (χ1v) is 8.39. The minimum atomic E-state index is -0.184. The summed E-state index contributed by atoms with van der Waals surface area (Å²) in [6.07, 6.45) is -0.184. The molecule has 0 unspecified atom stereocenters. The summed E-state index contributed by atoms with van der Waals surface area (Å²) < 4.78 is 27.8. The molecule has 0 radical (unpaired) electrons. The first-order valence-electron chi connectivity index (χ1n) is 8.39. The van der Waals surface area contributed by atoms with E-state index in [0.29, 0.717) is 55.1 Å². The lowest BCUT2D eigenvalue weighted by Crippen LogP contribution is -2.39. The van der Waals surface area contributed by atoms with Crippen molar-refractivity contribution >= 4 is 12.4 Å². The van der Waals surface area contributed by atoms with Crippen LogP contribution in [0.4, 0.5) is 0 Å². The molecular weight excluding hydrogens is 374 g/mol. The van der Waals surface area contributed by atoms with Gasteiger partial charge in [-0.3, -0.25) is 0 Å². The molecule has 2 N–H and O–H groups in total. The van der Waals surface area contributed by atoms with E-state index in [2.05, 4.69) is 5.32 Å². The molecule has 8 heteroatoms. The molecule has 1 heterocycles. The number of rotatable bonds is 8. The van der Waals surface area contributed by atoms with Gasteiger partial charge in [0.2, 0.25) is 11.5 Å². The lowest BCUT2D eigenvalue weighted by atomic mass is 10.2. The van der Waals surface area contributed by atoms with Gasteiger partial charge in [0.25, 0.3) is 0 Å². The molecule has 1 aliphatic heterocycles. The molecule has 2 aromatic carbocycles. The third-order valence-corrected chi connectivity index (χ3v) is 3.95. The molecule has 3 rings (SSSR count). The minimum Gasteiger partial charge on any atom is -0.504 e. The molecule has 0 bridgehead atoms. The highest BCUT2D eigenvalue weighted by molar-refractivity contribution is 5.85. The standard InChI is InChI=1S/C19H23NO6.ClH/c1-22-15-6-4-7-16(23-2)19(15)24-10-9-20-11-13-12-25-17-8-3-5-14(21)18(17)26-13;/h3-8,13,20-21H,9-12H2,1-2H3;1H/t13-;/m1./s1. The molecule has 148 valence electrons. The van der Waals surface area contributed by atoms with E-state index in [1.54, 1.807) is 32.4 Å². The molecule has 0 saturated carbocycles. The molecule has 27 heavy (non-hydrogen) atoms. The number of aromatic hydroxyl groups is 1. The van der Waals surface area contributed by atoms with Crippen molar-refractivity contribution in [3.8, 4) is 34.5 Å². The van der Waals surface area contributed by atoms with Crippen LogP contribution in [-0.4, -0.2) is 51.7 Å². The van der Waals surface area contributed by atoms with Gasteiger partial charge in [-0.1, -0.05) is 12.1 Å². The monoisotopic (exact) mass is 397 g/mol. The van der Waals surface area contributed by atoms with E-state index >= 15 is 0 Å². The molecule has 2 aromatic rings. The van der Waals surface area contributed by atoms with E-state index in [4.69, 9.17) is 23.7 Å². The Hall–Kier alpha value is -2.51. The summed E-state index contributed by atoms with van der Waals surface area (Å²) in [7, 11) is 3.18. The number of phenolic OH excluding ortho intramolecular Hbond substituents is 1. The molecule has 0 saturated heterocycles. The van der Waals surface area contributed by atoms with Crippen molar-refractivity contribution in [2.24, 2.45) is 0 Å². The number of para-hydroxylation sites is 2. The van der Waals surface area contributed by atoms with Crippen LogP contribution in [0.3, 0.4) is 0 Å². The Labute approximate surface area is 164 Å². The second-order valence-corrected chi connectivity index (χ2v) is 5.70. The quantitative estimate of drug-likeness (QED) is 0.663. The number of ether oxygens (including phenoxy) is 5. The first-order chi connectivity index (χ1) is 12.7. The second kappa shape index (κ2) is 9.99. The Balaban J connectivity index is 0.00000261. The highest BCUT2D eigenvalue weighted by Gasteiger charge is 2.23. The van der Waals surface area contributed by atoms with Crippen LogP contribution in [0, 0.1) is 0 Å². The Kier molecular flexibility index (Phi) is 7.69. The van der Waals surface area contributed by atoms with Gasteiger partial charge in [0.05, 0.1) is 14.2 Å². The number of halogens is 1. The van der Waals surface area contributed by atoms with Crippen molar-refractivity contribution in [2.45, 2.75) is 6.10 Å². The zero-order valence-corrected chi connectivity index (χ0v) is 16.1. The maximum atomic E-state index is 9.84. The third kappa shape index (κ3) is 5.02. The maximum absolute atomic E-state index is 9.84. The highest BCUT2D eigenvalue weighted by atomic mass is 35.5. The molecule has 7 nitrogen and oxygen atoms in total. The SMILES string of the molecule is COc1cccc(OC)c1OCCNC[C@@H]1COc2cccc(O)c2O1.Cl. The average Bonchev–Trinajstić information content (AvgIpc) is 2.68. The van der Waals surface area contributed by atoms with Crippen LogP contribution in [0.5, 0.6) is 34.5 Å². The lowest BCUT2D eigenvalue weighted by Gasteiger charge is -2.27. The van der Waals surface area contributed by atoms with Gasteiger partial charge in [-0.25, -0.2) is 0 Å². The molecule has 0 fully saturated rings. The molecular formula is C19H24ClNO6. The zero-order chi connectivity index (χ0) is 18.4. The van der Waals surface area contributed by atoms with Crippen LogP contribution < -0.4 is 29.0 Å². The van der Waals surface area contributed by atoms with Crippen LogP contribution in [0.15, 0.2) is 36.4 Å². The Morgan fingerprint density at radius 1 is 1.11 bits per heavy atom. The van der Waals surface area contributed by atoms with Gasteiger partial charge < -0.3 is 34.1 Å². The van der Waals surface area contributed by atoms with Crippen LogP contribution >= 0.6 is 12.4 Å². The Morgan fingerprint density at radius 2 is 1.81 bits per heavy atom. The average molecular weight is 398 g/mol. The van der Waals surface area contributed by atoms with Crippen LogP contribution in [0.25, 0.3) is 0 Å². The Bertz CT molecular complexity index is 720. The number of methoxy groups -OCH3 is 2. The van der Waals surface area contributed by atoms with Crippen molar-refractivity contribution in [3.63, 3.8) is 0 Å². The zero-order valence-electron chi connectivity index (χ0n) is 15.3. The fourth-order valence-electron chi connectivity index (χ4n) is 2.67. The molecule has 0 spiro atoms. The van der Waals surface area contributed by atoms with Gasteiger partial charge in [-0.05, 0) is 24.3 Å². The van der Waals surface area contributed by atoms with Gasteiger partial charge in [0.15, 0.2) is 23.0 Å². The summed E-state index contributed by atoms with van der Waals surface area (Å²) in [6.45, 7) is 2.03. The number of hydrogen-bond acceptors (Lipinski definition) is 7. The van der Waals surface area contributed by atoms with E-state index < -0.39 is 0 Å². The second-order valence-electron chi connectivity index (χ2n) is 5.70. The molecule has 1 atom stereocenters. The number of phenols is 1. The molecule has 0 aliphatic carbocycles. The van der Waals surface area contributed by atoms with Crippen molar-refractivity contribution in [2.75, 3.05) is 40.5 Å². The summed E-state index contributed by atoms with van der Waals surface area (Å²) in [4.78, 5) is 0. The normalized spacial score (nSPS) is 14.8. The van der Waals surface area contributed by atoms with Gasteiger partial charge in [0, 0.05) is 13.1 Å². The molecule has 1 aliphatic rings. The van der Waals surface area contributed by atoms with Crippen molar-refractivity contribution < 1.29 is 28.8 Å². The summed E-state index contributed by atoms with van der Waals surface area (Å²) in [6, 6.07) is 10.6. The van der Waals surface area contributed by atoms with Gasteiger partial charge in [-0.15, -0.1) is 12.4 Å². The van der Waals surface area contributed by atoms with E-state index in [1.807, 2.05) is 18.2 Å². The molecule has 0 aromatic heterocycles. The van der Waals surface area contributed by atoms with E-state index in [-0.39, 0.29) is 24.3 Å². The number of fused-ring (bicyclic) bond motifs is 1. The van der Waals surface area contributed by atoms with Crippen LogP contribution in [-0.2, 0) is 0 Å². The summed E-state index contributed by atoms with van der Waals surface area (Å²) in [5, 5.41) is 13.1.